The Bertz CT molecular complexity index is 1440. The summed E-state index contributed by atoms with van der Waals surface area (Å²) in [6, 6.07) is 16.2. The number of carbonyl (C=O) groups excluding carboxylic acids is 1. The van der Waals surface area contributed by atoms with Crippen LogP contribution in [-0.2, 0) is 19.4 Å². The molecular formula is C29H28FN3OS. The van der Waals surface area contributed by atoms with E-state index in [0.29, 0.717) is 6.54 Å². The Morgan fingerprint density at radius 3 is 2.74 bits per heavy atom. The number of fused-ring (bicyclic) bond motifs is 5. The van der Waals surface area contributed by atoms with E-state index < -0.39 is 6.04 Å². The average molecular weight is 486 g/mol. The summed E-state index contributed by atoms with van der Waals surface area (Å²) >= 11 is 1.85. The fourth-order valence-corrected chi connectivity index (χ4v) is 6.88. The molecule has 1 aliphatic carbocycles. The number of benzene rings is 2. The standard InChI is InChI=1S/C29H28FN3OS/c1-18-12-13-19(2)24(15-18)31-29(34)33-17-23-22-9-3-4-11-26(22)35-28(23)32-14-6-10-25(32)27(33)20-7-5-8-21(30)16-20/h5-8,10,12-16,27H,3-4,9,11,17H2,1-2H3,(H,31,34). The van der Waals surface area contributed by atoms with E-state index in [2.05, 4.69) is 22.1 Å². The number of hydrogen-bond acceptors (Lipinski definition) is 2. The minimum atomic E-state index is -0.412. The number of aromatic nitrogens is 1. The maximum absolute atomic E-state index is 14.4. The molecule has 178 valence electrons. The van der Waals surface area contributed by atoms with Crippen LogP contribution in [0, 0.1) is 19.7 Å². The Kier molecular flexibility index (Phi) is 5.49. The zero-order chi connectivity index (χ0) is 24.1. The van der Waals surface area contributed by atoms with Crippen LogP contribution in [0.1, 0.15) is 57.3 Å². The third kappa shape index (κ3) is 3.86. The normalized spacial score (nSPS) is 16.8. The Labute approximate surface area is 209 Å². The highest BCUT2D eigenvalue weighted by molar-refractivity contribution is 7.15. The second-order valence-electron chi connectivity index (χ2n) is 9.63. The number of anilines is 1. The van der Waals surface area contributed by atoms with Crippen LogP contribution in [0.2, 0.25) is 0 Å². The van der Waals surface area contributed by atoms with Gasteiger partial charge in [0.2, 0.25) is 0 Å². The van der Waals surface area contributed by atoms with Gasteiger partial charge in [0.1, 0.15) is 10.8 Å². The van der Waals surface area contributed by atoms with Crippen molar-refractivity contribution < 1.29 is 9.18 Å². The Morgan fingerprint density at radius 1 is 1.03 bits per heavy atom. The van der Waals surface area contributed by atoms with Crippen LogP contribution >= 0.6 is 11.3 Å². The number of amides is 2. The molecule has 1 unspecified atom stereocenters. The molecule has 1 atom stereocenters. The first kappa shape index (κ1) is 22.1. The highest BCUT2D eigenvalue weighted by Gasteiger charge is 2.36. The van der Waals surface area contributed by atoms with Gasteiger partial charge in [-0.3, -0.25) is 0 Å². The number of carbonyl (C=O) groups is 1. The summed E-state index contributed by atoms with van der Waals surface area (Å²) in [6.07, 6.45) is 6.62. The number of hydrogen-bond donors (Lipinski definition) is 1. The zero-order valence-electron chi connectivity index (χ0n) is 20.0. The zero-order valence-corrected chi connectivity index (χ0v) is 20.8. The lowest BCUT2D eigenvalue weighted by molar-refractivity contribution is 0.194. The predicted molar refractivity (Wildman–Crippen MR) is 139 cm³/mol. The van der Waals surface area contributed by atoms with Crippen LogP contribution in [0.5, 0.6) is 0 Å². The molecule has 0 spiro atoms. The molecule has 6 heteroatoms. The molecular weight excluding hydrogens is 457 g/mol. The molecule has 2 amide bonds. The highest BCUT2D eigenvalue weighted by Crippen LogP contribution is 2.44. The molecule has 35 heavy (non-hydrogen) atoms. The van der Waals surface area contributed by atoms with Gasteiger partial charge in [-0.25, -0.2) is 9.18 Å². The number of urea groups is 1. The molecule has 1 N–H and O–H groups in total. The lowest BCUT2D eigenvalue weighted by atomic mass is 9.95. The Hall–Kier alpha value is -3.38. The van der Waals surface area contributed by atoms with E-state index >= 15 is 0 Å². The summed E-state index contributed by atoms with van der Waals surface area (Å²) in [4.78, 5) is 17.3. The minimum absolute atomic E-state index is 0.177. The van der Waals surface area contributed by atoms with Gasteiger partial charge >= 0.3 is 6.03 Å². The van der Waals surface area contributed by atoms with Gasteiger partial charge in [-0.2, -0.15) is 0 Å². The molecule has 2 aromatic heterocycles. The van der Waals surface area contributed by atoms with E-state index in [0.717, 1.165) is 40.9 Å². The van der Waals surface area contributed by atoms with Crippen molar-refractivity contribution >= 4 is 23.1 Å². The van der Waals surface area contributed by atoms with Crippen molar-refractivity contribution in [2.45, 2.75) is 52.1 Å². The van der Waals surface area contributed by atoms with Crippen LogP contribution in [-0.4, -0.2) is 15.5 Å². The molecule has 0 saturated carbocycles. The lowest BCUT2D eigenvalue weighted by Crippen LogP contribution is -2.38. The van der Waals surface area contributed by atoms with Gasteiger partial charge in [-0.05, 0) is 92.1 Å². The maximum Gasteiger partial charge on any atom is 0.322 e. The van der Waals surface area contributed by atoms with Crippen LogP contribution in [0.3, 0.4) is 0 Å². The van der Waals surface area contributed by atoms with E-state index in [-0.39, 0.29) is 11.8 Å². The molecule has 0 radical (unpaired) electrons. The number of halogens is 1. The van der Waals surface area contributed by atoms with Crippen LogP contribution in [0.15, 0.2) is 60.8 Å². The molecule has 0 bridgehead atoms. The SMILES string of the molecule is Cc1ccc(C)c(NC(=O)N2Cc3c(sc4c3CCCC4)-n3cccc3C2c2cccc(F)c2)c1. The van der Waals surface area contributed by atoms with Gasteiger partial charge < -0.3 is 14.8 Å². The Balaban J connectivity index is 1.51. The minimum Gasteiger partial charge on any atom is -0.310 e. The quantitative estimate of drug-likeness (QED) is 0.318. The van der Waals surface area contributed by atoms with Crippen molar-refractivity contribution in [3.05, 3.63) is 105 Å². The molecule has 0 saturated heterocycles. The van der Waals surface area contributed by atoms with Crippen molar-refractivity contribution in [1.82, 2.24) is 9.47 Å². The monoisotopic (exact) mass is 485 g/mol. The van der Waals surface area contributed by atoms with Crippen molar-refractivity contribution in [1.29, 1.82) is 0 Å². The fraction of sp³-hybridized carbons (Fsp3) is 0.276. The first-order chi connectivity index (χ1) is 17.0. The summed E-state index contributed by atoms with van der Waals surface area (Å²) in [6.45, 7) is 4.51. The van der Waals surface area contributed by atoms with E-state index in [1.165, 1.54) is 39.9 Å². The van der Waals surface area contributed by atoms with E-state index in [1.54, 1.807) is 12.1 Å². The van der Waals surface area contributed by atoms with Gasteiger partial charge in [-0.15, -0.1) is 11.3 Å². The largest absolute Gasteiger partial charge is 0.322 e. The van der Waals surface area contributed by atoms with Gasteiger partial charge in [0.15, 0.2) is 0 Å². The van der Waals surface area contributed by atoms with Crippen LogP contribution in [0.25, 0.3) is 5.00 Å². The lowest BCUT2D eigenvalue weighted by Gasteiger charge is -2.31. The summed E-state index contributed by atoms with van der Waals surface area (Å²) in [7, 11) is 0. The molecule has 2 aliphatic rings. The second kappa shape index (κ2) is 8.68. The van der Waals surface area contributed by atoms with Crippen LogP contribution < -0.4 is 5.32 Å². The summed E-state index contributed by atoms with van der Waals surface area (Å²) in [5.41, 5.74) is 7.29. The van der Waals surface area contributed by atoms with Gasteiger partial charge in [0.05, 0.1) is 18.3 Å². The fourth-order valence-electron chi connectivity index (χ4n) is 5.47. The first-order valence-corrected chi connectivity index (χ1v) is 13.0. The van der Waals surface area contributed by atoms with Gasteiger partial charge in [-0.1, -0.05) is 24.3 Å². The number of rotatable bonds is 2. The van der Waals surface area contributed by atoms with Gasteiger partial charge in [0.25, 0.3) is 0 Å². The van der Waals surface area contributed by atoms with Crippen molar-refractivity contribution in [3.8, 4) is 5.00 Å². The first-order valence-electron chi connectivity index (χ1n) is 12.2. The number of aryl methyl sites for hydroxylation is 3. The number of thiophene rings is 1. The third-order valence-corrected chi connectivity index (χ3v) is 8.57. The molecule has 0 fully saturated rings. The summed E-state index contributed by atoms with van der Waals surface area (Å²) < 4.78 is 16.6. The van der Waals surface area contributed by atoms with Crippen LogP contribution in [0.4, 0.5) is 14.9 Å². The molecule has 2 aromatic carbocycles. The highest BCUT2D eigenvalue weighted by atomic mass is 32.1. The van der Waals surface area contributed by atoms with Gasteiger partial charge in [0, 0.05) is 22.3 Å². The molecule has 3 heterocycles. The maximum atomic E-state index is 14.4. The second-order valence-corrected chi connectivity index (χ2v) is 10.7. The summed E-state index contributed by atoms with van der Waals surface area (Å²) in [5.74, 6) is -0.299. The smallest absolute Gasteiger partial charge is 0.310 e. The number of nitrogens with one attached hydrogen (secondary N) is 1. The van der Waals surface area contributed by atoms with E-state index in [1.807, 2.05) is 60.4 Å². The Morgan fingerprint density at radius 2 is 1.89 bits per heavy atom. The molecule has 4 aromatic rings. The van der Waals surface area contributed by atoms with Crippen molar-refractivity contribution in [2.75, 3.05) is 5.32 Å². The molecule has 1 aliphatic heterocycles. The van der Waals surface area contributed by atoms with Crippen molar-refractivity contribution in [2.24, 2.45) is 0 Å². The van der Waals surface area contributed by atoms with E-state index in [9.17, 15) is 9.18 Å². The molecule has 6 rings (SSSR count). The third-order valence-electron chi connectivity index (χ3n) is 7.24. The van der Waals surface area contributed by atoms with Crippen molar-refractivity contribution in [3.63, 3.8) is 0 Å². The number of nitrogens with zero attached hydrogens (tertiary/aromatic N) is 2. The van der Waals surface area contributed by atoms with E-state index in [4.69, 9.17) is 0 Å². The predicted octanol–water partition coefficient (Wildman–Crippen LogP) is 7.31. The average Bonchev–Trinajstić information content (AvgIpc) is 3.43. The topological polar surface area (TPSA) is 37.3 Å². The molecule has 4 nitrogen and oxygen atoms in total. The summed E-state index contributed by atoms with van der Waals surface area (Å²) in [5, 5.41) is 4.37.